The first-order valence-corrected chi connectivity index (χ1v) is 8.57. The molecule has 0 saturated heterocycles. The monoisotopic (exact) mass is 309 g/mol. The Bertz CT molecular complexity index is 738. The first-order chi connectivity index (χ1) is 9.27. The lowest BCUT2D eigenvalue weighted by Gasteiger charge is -2.09. The van der Waals surface area contributed by atoms with Gasteiger partial charge in [-0.2, -0.15) is 0 Å². The number of hydrogen-bond acceptors (Lipinski definition) is 6. The molecule has 0 saturated carbocycles. The van der Waals surface area contributed by atoms with Gasteiger partial charge in [0.15, 0.2) is 15.0 Å². The largest absolute Gasteiger partial charge is 0.397 e. The number of nitrogen functional groups attached to an aromatic ring is 1. The number of hydrogen-bond donors (Lipinski definition) is 1. The molecule has 0 aliphatic carbocycles. The van der Waals surface area contributed by atoms with E-state index in [-0.39, 0.29) is 10.6 Å². The van der Waals surface area contributed by atoms with Crippen molar-refractivity contribution >= 4 is 27.3 Å². The van der Waals surface area contributed by atoms with Crippen molar-refractivity contribution in [3.63, 3.8) is 0 Å². The summed E-state index contributed by atoms with van der Waals surface area (Å²) in [7, 11) is -3.34. The highest BCUT2D eigenvalue weighted by Gasteiger charge is 2.15. The van der Waals surface area contributed by atoms with Gasteiger partial charge in [0.25, 0.3) is 0 Å². The Labute approximate surface area is 122 Å². The third-order valence-electron chi connectivity index (χ3n) is 2.59. The molecule has 20 heavy (non-hydrogen) atoms. The minimum absolute atomic E-state index is 0.131. The van der Waals surface area contributed by atoms with Crippen molar-refractivity contribution in [3.05, 3.63) is 35.7 Å². The van der Waals surface area contributed by atoms with Gasteiger partial charge in [-0.1, -0.05) is 6.07 Å². The van der Waals surface area contributed by atoms with Gasteiger partial charge in [-0.25, -0.2) is 18.4 Å². The average molecular weight is 309 g/mol. The number of benzene rings is 1. The summed E-state index contributed by atoms with van der Waals surface area (Å²) in [6, 6.07) is 6.80. The van der Waals surface area contributed by atoms with Crippen molar-refractivity contribution in [1.82, 2.24) is 9.97 Å². The number of anilines is 1. The Morgan fingerprint density at radius 1 is 1.15 bits per heavy atom. The molecule has 7 heteroatoms. The van der Waals surface area contributed by atoms with Gasteiger partial charge >= 0.3 is 0 Å². The molecule has 2 rings (SSSR count). The Hall–Kier alpha value is -1.60. The second kappa shape index (κ2) is 5.41. The van der Waals surface area contributed by atoms with Crippen molar-refractivity contribution in [1.29, 1.82) is 0 Å². The van der Waals surface area contributed by atoms with Crippen molar-refractivity contribution in [2.75, 3.05) is 12.0 Å². The van der Waals surface area contributed by atoms with Crippen molar-refractivity contribution in [2.24, 2.45) is 0 Å². The highest BCUT2D eigenvalue weighted by Crippen LogP contribution is 2.33. The number of aryl methyl sites for hydroxylation is 2. The van der Waals surface area contributed by atoms with E-state index in [0.717, 1.165) is 17.6 Å². The van der Waals surface area contributed by atoms with E-state index < -0.39 is 9.84 Å². The SMILES string of the molecule is Cc1cc(C)nc(Sc2cccc(S(C)(=O)=O)c2N)n1. The van der Waals surface area contributed by atoms with Gasteiger partial charge < -0.3 is 5.73 Å². The summed E-state index contributed by atoms with van der Waals surface area (Å²) in [5, 5.41) is 0.555. The lowest BCUT2D eigenvalue weighted by atomic mass is 10.3. The third kappa shape index (κ3) is 3.29. The van der Waals surface area contributed by atoms with Crippen LogP contribution in [0.2, 0.25) is 0 Å². The van der Waals surface area contributed by atoms with Crippen LogP contribution in [-0.4, -0.2) is 24.6 Å². The summed E-state index contributed by atoms with van der Waals surface area (Å²) in [4.78, 5) is 9.39. The molecule has 0 aliphatic heterocycles. The number of aromatic nitrogens is 2. The lowest BCUT2D eigenvalue weighted by molar-refractivity contribution is 0.602. The molecule has 0 fully saturated rings. The van der Waals surface area contributed by atoms with Gasteiger partial charge in [0.1, 0.15) is 0 Å². The van der Waals surface area contributed by atoms with Gasteiger partial charge in [-0.05, 0) is 43.8 Å². The van der Waals surface area contributed by atoms with Crippen molar-refractivity contribution < 1.29 is 8.42 Å². The fraction of sp³-hybridized carbons (Fsp3) is 0.231. The first kappa shape index (κ1) is 14.8. The molecule has 0 unspecified atom stereocenters. The van der Waals surface area contributed by atoms with E-state index in [1.165, 1.54) is 17.8 Å². The van der Waals surface area contributed by atoms with Crippen LogP contribution in [0.5, 0.6) is 0 Å². The quantitative estimate of drug-likeness (QED) is 0.691. The van der Waals surface area contributed by atoms with E-state index in [0.29, 0.717) is 10.1 Å². The molecule has 0 spiro atoms. The normalized spacial score (nSPS) is 11.6. The summed E-state index contributed by atoms with van der Waals surface area (Å²) < 4.78 is 23.3. The number of nitrogens with zero attached hydrogens (tertiary/aromatic N) is 2. The summed E-state index contributed by atoms with van der Waals surface area (Å²) >= 11 is 1.26. The maximum atomic E-state index is 11.6. The minimum atomic E-state index is -3.34. The highest BCUT2D eigenvalue weighted by molar-refractivity contribution is 7.99. The average Bonchev–Trinajstić information content (AvgIpc) is 2.29. The van der Waals surface area contributed by atoms with Crippen LogP contribution >= 0.6 is 11.8 Å². The molecule has 106 valence electrons. The molecule has 0 bridgehead atoms. The maximum absolute atomic E-state index is 11.6. The predicted molar refractivity (Wildman–Crippen MR) is 79.6 cm³/mol. The second-order valence-corrected chi connectivity index (χ2v) is 7.47. The van der Waals surface area contributed by atoms with E-state index in [2.05, 4.69) is 9.97 Å². The smallest absolute Gasteiger partial charge is 0.192 e. The third-order valence-corrected chi connectivity index (χ3v) is 4.68. The fourth-order valence-electron chi connectivity index (χ4n) is 1.77. The molecule has 0 radical (unpaired) electrons. The molecule has 1 heterocycles. The zero-order valence-electron chi connectivity index (χ0n) is 11.4. The Morgan fingerprint density at radius 3 is 2.30 bits per heavy atom. The Morgan fingerprint density at radius 2 is 1.75 bits per heavy atom. The number of nitrogens with two attached hydrogens (primary N) is 1. The number of para-hydroxylation sites is 1. The molecule has 5 nitrogen and oxygen atoms in total. The highest BCUT2D eigenvalue weighted by atomic mass is 32.2. The van der Waals surface area contributed by atoms with Crippen molar-refractivity contribution in [3.8, 4) is 0 Å². The van der Waals surface area contributed by atoms with Crippen LogP contribution in [0, 0.1) is 13.8 Å². The number of sulfone groups is 1. The molecule has 2 aromatic rings. The van der Waals surface area contributed by atoms with Crippen molar-refractivity contribution in [2.45, 2.75) is 28.8 Å². The Kier molecular flexibility index (Phi) is 4.01. The van der Waals surface area contributed by atoms with Crippen LogP contribution in [0.15, 0.2) is 39.2 Å². The zero-order chi connectivity index (χ0) is 14.9. The standard InChI is InChI=1S/C13H15N3O2S2/c1-8-7-9(2)16-13(15-8)19-10-5-4-6-11(12(10)14)20(3,17)18/h4-7H,14H2,1-3H3. The molecular weight excluding hydrogens is 294 g/mol. The van der Waals surface area contributed by atoms with E-state index >= 15 is 0 Å². The van der Waals surface area contributed by atoms with Crippen LogP contribution in [0.25, 0.3) is 0 Å². The van der Waals surface area contributed by atoms with Gasteiger partial charge in [0, 0.05) is 22.5 Å². The number of rotatable bonds is 3. The van der Waals surface area contributed by atoms with Crippen LogP contribution < -0.4 is 5.73 Å². The van der Waals surface area contributed by atoms with Crippen LogP contribution in [0.1, 0.15) is 11.4 Å². The van der Waals surface area contributed by atoms with Gasteiger partial charge in [0.2, 0.25) is 0 Å². The van der Waals surface area contributed by atoms with E-state index in [1.54, 1.807) is 12.1 Å². The lowest BCUT2D eigenvalue weighted by Crippen LogP contribution is -2.03. The van der Waals surface area contributed by atoms with Gasteiger partial charge in [0.05, 0.1) is 10.6 Å². The summed E-state index contributed by atoms with van der Waals surface area (Å²) in [5.41, 5.74) is 7.89. The maximum Gasteiger partial charge on any atom is 0.192 e. The molecule has 2 N–H and O–H groups in total. The molecule has 1 aromatic carbocycles. The van der Waals surface area contributed by atoms with E-state index in [1.807, 2.05) is 19.9 Å². The molecule has 0 atom stereocenters. The van der Waals surface area contributed by atoms with Gasteiger partial charge in [-0.3, -0.25) is 0 Å². The predicted octanol–water partition coefficient (Wildman–Crippen LogP) is 2.23. The minimum Gasteiger partial charge on any atom is -0.397 e. The summed E-state index contributed by atoms with van der Waals surface area (Å²) in [5.74, 6) is 0. The van der Waals surface area contributed by atoms with Crippen LogP contribution in [0.3, 0.4) is 0 Å². The fourth-order valence-corrected chi connectivity index (χ4v) is 3.62. The molecule has 1 aromatic heterocycles. The Balaban J connectivity index is 2.44. The topological polar surface area (TPSA) is 85.9 Å². The summed E-state index contributed by atoms with van der Waals surface area (Å²) in [6.45, 7) is 3.77. The molecule has 0 amide bonds. The molecular formula is C13H15N3O2S2. The second-order valence-electron chi connectivity index (χ2n) is 4.48. The molecule has 0 aliphatic rings. The van der Waals surface area contributed by atoms with E-state index in [4.69, 9.17) is 5.73 Å². The first-order valence-electron chi connectivity index (χ1n) is 5.86. The van der Waals surface area contributed by atoms with E-state index in [9.17, 15) is 8.42 Å². The summed E-state index contributed by atoms with van der Waals surface area (Å²) in [6.07, 6.45) is 1.14. The zero-order valence-corrected chi connectivity index (χ0v) is 13.0. The van der Waals surface area contributed by atoms with Gasteiger partial charge in [-0.15, -0.1) is 0 Å². The van der Waals surface area contributed by atoms with Crippen LogP contribution in [-0.2, 0) is 9.84 Å². The van der Waals surface area contributed by atoms with Crippen LogP contribution in [0.4, 0.5) is 5.69 Å².